The molecule has 0 aliphatic heterocycles. The Kier molecular flexibility index (Phi) is 7.19. The Morgan fingerprint density at radius 2 is 1.53 bits per heavy atom. The van der Waals surface area contributed by atoms with Crippen LogP contribution in [0.4, 0.5) is 11.4 Å². The van der Waals surface area contributed by atoms with Gasteiger partial charge in [0.25, 0.3) is 5.91 Å². The minimum Gasteiger partial charge on any atom is -0.449 e. The second-order valence-electron chi connectivity index (χ2n) is 6.64. The first-order valence-corrected chi connectivity index (χ1v) is 9.70. The summed E-state index contributed by atoms with van der Waals surface area (Å²) in [4.78, 5) is 25.3. The summed E-state index contributed by atoms with van der Waals surface area (Å²) in [5.41, 5.74) is 3.33. The lowest BCUT2D eigenvalue weighted by Gasteiger charge is -2.17. The monoisotopic (exact) mass is 404 g/mol. The van der Waals surface area contributed by atoms with Crippen molar-refractivity contribution in [1.82, 2.24) is 0 Å². The predicted octanol–water partition coefficient (Wildman–Crippen LogP) is 3.94. The molecule has 0 aliphatic carbocycles. The van der Waals surface area contributed by atoms with Crippen LogP contribution in [-0.2, 0) is 9.53 Å². The van der Waals surface area contributed by atoms with Gasteiger partial charge in [-0.2, -0.15) is 0 Å². The zero-order chi connectivity index (χ0) is 21.3. The Hall–Kier alpha value is -3.64. The summed E-state index contributed by atoms with van der Waals surface area (Å²) >= 11 is 0. The molecule has 0 unspecified atom stereocenters. The molecule has 3 rings (SSSR count). The van der Waals surface area contributed by atoms with E-state index in [0.29, 0.717) is 23.5 Å². The number of para-hydroxylation sites is 2. The molecule has 0 aliphatic rings. The average Bonchev–Trinajstić information content (AvgIpc) is 2.78. The Balaban J connectivity index is 1.70. The van der Waals surface area contributed by atoms with Gasteiger partial charge >= 0.3 is 5.97 Å². The predicted molar refractivity (Wildman–Crippen MR) is 117 cm³/mol. The van der Waals surface area contributed by atoms with Gasteiger partial charge < -0.3 is 20.5 Å². The molecule has 3 N–H and O–H groups in total. The smallest absolute Gasteiger partial charge is 0.341 e. The molecule has 3 aromatic carbocycles. The lowest BCUT2D eigenvalue weighted by molar-refractivity contribution is -0.123. The van der Waals surface area contributed by atoms with Crippen molar-refractivity contribution >= 4 is 23.3 Å². The van der Waals surface area contributed by atoms with Crippen molar-refractivity contribution in [3.05, 3.63) is 84.4 Å². The van der Waals surface area contributed by atoms with E-state index in [9.17, 15) is 9.59 Å². The number of esters is 1. The van der Waals surface area contributed by atoms with Crippen molar-refractivity contribution in [3.63, 3.8) is 0 Å². The van der Waals surface area contributed by atoms with Crippen molar-refractivity contribution in [2.45, 2.75) is 13.0 Å². The van der Waals surface area contributed by atoms with E-state index >= 15 is 0 Å². The number of hydrogen-bond donors (Lipinski definition) is 3. The Morgan fingerprint density at radius 3 is 2.27 bits per heavy atom. The summed E-state index contributed by atoms with van der Waals surface area (Å²) in [5.74, 6) is -1.04. The van der Waals surface area contributed by atoms with Crippen LogP contribution >= 0.6 is 0 Å². The second-order valence-corrected chi connectivity index (χ2v) is 6.64. The van der Waals surface area contributed by atoms with Crippen molar-refractivity contribution < 1.29 is 19.4 Å². The van der Waals surface area contributed by atoms with Gasteiger partial charge in [-0.15, -0.1) is 0 Å². The molecule has 154 valence electrons. The zero-order valence-corrected chi connectivity index (χ0v) is 16.7. The highest BCUT2D eigenvalue weighted by molar-refractivity contribution is 6.01. The largest absolute Gasteiger partial charge is 0.449 e. The normalized spacial score (nSPS) is 11.4. The summed E-state index contributed by atoms with van der Waals surface area (Å²) in [6.07, 6.45) is -0.993. The van der Waals surface area contributed by atoms with Gasteiger partial charge in [-0.05, 0) is 30.7 Å². The van der Waals surface area contributed by atoms with Crippen LogP contribution in [0, 0.1) is 0 Å². The van der Waals surface area contributed by atoms with Gasteiger partial charge in [-0.25, -0.2) is 4.79 Å². The van der Waals surface area contributed by atoms with Crippen LogP contribution < -0.4 is 10.6 Å². The highest BCUT2D eigenvalue weighted by Crippen LogP contribution is 2.27. The van der Waals surface area contributed by atoms with Crippen LogP contribution in [0.5, 0.6) is 0 Å². The fourth-order valence-electron chi connectivity index (χ4n) is 2.98. The van der Waals surface area contributed by atoms with Crippen LogP contribution in [0.25, 0.3) is 11.1 Å². The number of rotatable bonds is 8. The first-order chi connectivity index (χ1) is 14.6. The molecule has 1 atom stereocenters. The lowest BCUT2D eigenvalue weighted by Crippen LogP contribution is -2.30. The number of anilines is 2. The van der Waals surface area contributed by atoms with E-state index in [0.717, 1.165) is 11.1 Å². The van der Waals surface area contributed by atoms with Crippen LogP contribution in [0.1, 0.15) is 17.3 Å². The highest BCUT2D eigenvalue weighted by atomic mass is 16.5. The topological polar surface area (TPSA) is 87.7 Å². The number of benzene rings is 3. The van der Waals surface area contributed by atoms with E-state index < -0.39 is 18.0 Å². The summed E-state index contributed by atoms with van der Waals surface area (Å²) in [5, 5.41) is 14.8. The Bertz CT molecular complexity index is 1000. The number of ether oxygens (including phenoxy) is 1. The third kappa shape index (κ3) is 5.24. The van der Waals surface area contributed by atoms with Gasteiger partial charge in [0.15, 0.2) is 6.10 Å². The molecule has 0 saturated carbocycles. The molecular formula is C24H24N2O4. The molecule has 0 spiro atoms. The van der Waals surface area contributed by atoms with Crippen LogP contribution in [0.3, 0.4) is 0 Å². The van der Waals surface area contributed by atoms with Crippen LogP contribution in [0.2, 0.25) is 0 Å². The lowest BCUT2D eigenvalue weighted by atomic mass is 10.0. The van der Waals surface area contributed by atoms with E-state index in [1.807, 2.05) is 54.6 Å². The molecule has 0 bridgehead atoms. The number of aliphatic hydroxyl groups excluding tert-OH is 1. The van der Waals surface area contributed by atoms with Crippen molar-refractivity contribution in [2.75, 3.05) is 23.8 Å². The third-order valence-corrected chi connectivity index (χ3v) is 4.50. The minimum absolute atomic E-state index is 0.0665. The summed E-state index contributed by atoms with van der Waals surface area (Å²) in [6, 6.07) is 24.0. The molecule has 1 amide bonds. The van der Waals surface area contributed by atoms with Gasteiger partial charge in [-0.1, -0.05) is 60.7 Å². The molecule has 6 heteroatoms. The molecule has 0 heterocycles. The van der Waals surface area contributed by atoms with Crippen molar-refractivity contribution in [3.8, 4) is 11.1 Å². The van der Waals surface area contributed by atoms with Gasteiger partial charge in [0.2, 0.25) is 0 Å². The SMILES string of the molecule is C[C@H](OC(=O)c1ccccc1NCCO)C(=O)Nc1ccccc1-c1ccccc1. The summed E-state index contributed by atoms with van der Waals surface area (Å²) in [6.45, 7) is 1.77. The zero-order valence-electron chi connectivity index (χ0n) is 16.7. The third-order valence-electron chi connectivity index (χ3n) is 4.50. The molecule has 0 aromatic heterocycles. The van der Waals surface area contributed by atoms with E-state index in [2.05, 4.69) is 10.6 Å². The van der Waals surface area contributed by atoms with Crippen molar-refractivity contribution in [1.29, 1.82) is 0 Å². The summed E-state index contributed by atoms with van der Waals surface area (Å²) in [7, 11) is 0. The number of carbonyl (C=O) groups is 2. The number of nitrogens with one attached hydrogen (secondary N) is 2. The molecule has 0 radical (unpaired) electrons. The van der Waals surface area contributed by atoms with Gasteiger partial charge in [0, 0.05) is 23.5 Å². The molecule has 0 saturated heterocycles. The minimum atomic E-state index is -0.993. The Labute approximate surface area is 175 Å². The molecule has 0 fully saturated rings. The maximum absolute atomic E-state index is 12.7. The van der Waals surface area contributed by atoms with Crippen LogP contribution in [0.15, 0.2) is 78.9 Å². The van der Waals surface area contributed by atoms with E-state index in [1.54, 1.807) is 24.3 Å². The summed E-state index contributed by atoms with van der Waals surface area (Å²) < 4.78 is 5.38. The number of hydrogen-bond acceptors (Lipinski definition) is 5. The van der Waals surface area contributed by atoms with Crippen molar-refractivity contribution in [2.24, 2.45) is 0 Å². The van der Waals surface area contributed by atoms with Gasteiger partial charge in [0.1, 0.15) is 0 Å². The highest BCUT2D eigenvalue weighted by Gasteiger charge is 2.21. The van der Waals surface area contributed by atoms with E-state index in [4.69, 9.17) is 9.84 Å². The quantitative estimate of drug-likeness (QED) is 0.495. The fourth-order valence-corrected chi connectivity index (χ4v) is 2.98. The number of amides is 1. The standard InChI is InChI=1S/C24H24N2O4/c1-17(30-24(29)20-12-6-7-13-21(20)25-15-16-27)23(28)26-22-14-8-5-11-19(22)18-9-3-2-4-10-18/h2-14,17,25,27H,15-16H2,1H3,(H,26,28)/t17-/m0/s1. The Morgan fingerprint density at radius 1 is 0.900 bits per heavy atom. The first kappa shape index (κ1) is 21.1. The molecular weight excluding hydrogens is 380 g/mol. The van der Waals surface area contributed by atoms with E-state index in [-0.39, 0.29) is 6.61 Å². The maximum Gasteiger partial charge on any atom is 0.341 e. The fraction of sp³-hybridized carbons (Fsp3) is 0.167. The maximum atomic E-state index is 12.7. The van der Waals surface area contributed by atoms with E-state index in [1.165, 1.54) is 6.92 Å². The molecule has 6 nitrogen and oxygen atoms in total. The van der Waals surface area contributed by atoms with Gasteiger partial charge in [0.05, 0.1) is 12.2 Å². The second kappa shape index (κ2) is 10.2. The molecule has 30 heavy (non-hydrogen) atoms. The number of aliphatic hydroxyl groups is 1. The van der Waals surface area contributed by atoms with Crippen LogP contribution in [-0.4, -0.2) is 36.2 Å². The molecule has 3 aromatic rings. The average molecular weight is 404 g/mol. The van der Waals surface area contributed by atoms with Gasteiger partial charge in [-0.3, -0.25) is 4.79 Å². The number of carbonyl (C=O) groups excluding carboxylic acids is 2. The first-order valence-electron chi connectivity index (χ1n) is 9.70.